The molecule has 1 saturated heterocycles. The third-order valence-electron chi connectivity index (χ3n) is 3.39. The Morgan fingerprint density at radius 1 is 1.48 bits per heavy atom. The molecule has 2 rings (SSSR count). The molecular weight excluding hydrogens is 289 g/mol. The molecule has 0 amide bonds. The Kier molecular flexibility index (Phi) is 4.21. The van der Waals surface area contributed by atoms with Crippen molar-refractivity contribution < 1.29 is 23.5 Å². The molecule has 9 heteroatoms. The lowest BCUT2D eigenvalue weighted by Crippen LogP contribution is -2.27. The summed E-state index contributed by atoms with van der Waals surface area (Å²) in [4.78, 5) is 5.21. The Morgan fingerprint density at radius 2 is 2.19 bits per heavy atom. The van der Waals surface area contributed by atoms with Gasteiger partial charge in [0.1, 0.15) is 11.5 Å². The standard InChI is InChI=1S/C12H15F3N4O2/c13-12(14,15)9-2-1-8(10(16)18-21)11(17-9)19-4-3-7(5-19)6-20/h1-2,7,20-21H,3-6H2,(H2,16,18). The number of aromatic nitrogens is 1. The molecule has 0 bridgehead atoms. The van der Waals surface area contributed by atoms with Crippen LogP contribution in [0.5, 0.6) is 0 Å². The van der Waals surface area contributed by atoms with Crippen molar-refractivity contribution in [3.63, 3.8) is 0 Å². The van der Waals surface area contributed by atoms with Gasteiger partial charge >= 0.3 is 6.18 Å². The molecule has 1 atom stereocenters. The van der Waals surface area contributed by atoms with Crippen LogP contribution in [0.1, 0.15) is 17.7 Å². The Labute approximate surface area is 118 Å². The number of anilines is 1. The number of pyridine rings is 1. The van der Waals surface area contributed by atoms with Gasteiger partial charge < -0.3 is 20.9 Å². The molecule has 1 aliphatic heterocycles. The maximum absolute atomic E-state index is 12.8. The molecule has 1 aromatic heterocycles. The van der Waals surface area contributed by atoms with E-state index in [9.17, 15) is 13.2 Å². The first-order valence-corrected chi connectivity index (χ1v) is 6.28. The molecule has 0 saturated carbocycles. The fourth-order valence-corrected chi connectivity index (χ4v) is 2.28. The van der Waals surface area contributed by atoms with Crippen LogP contribution >= 0.6 is 0 Å². The van der Waals surface area contributed by atoms with Gasteiger partial charge in [-0.25, -0.2) is 4.98 Å². The number of alkyl halides is 3. The number of nitrogens with two attached hydrogens (primary N) is 1. The minimum Gasteiger partial charge on any atom is -0.409 e. The van der Waals surface area contributed by atoms with E-state index in [0.717, 1.165) is 12.1 Å². The van der Waals surface area contributed by atoms with Crippen LogP contribution in [-0.2, 0) is 6.18 Å². The Morgan fingerprint density at radius 3 is 2.71 bits per heavy atom. The van der Waals surface area contributed by atoms with Crippen LogP contribution in [0.2, 0.25) is 0 Å². The van der Waals surface area contributed by atoms with Gasteiger partial charge in [-0.2, -0.15) is 13.2 Å². The minimum absolute atomic E-state index is 0.0103. The predicted octanol–water partition coefficient (Wildman–Crippen LogP) is 1.01. The quantitative estimate of drug-likeness (QED) is 0.335. The van der Waals surface area contributed by atoms with Gasteiger partial charge in [0.05, 0.1) is 5.56 Å². The van der Waals surface area contributed by atoms with Crippen LogP contribution in [0.4, 0.5) is 19.0 Å². The van der Waals surface area contributed by atoms with E-state index in [1.54, 1.807) is 4.90 Å². The highest BCUT2D eigenvalue weighted by molar-refractivity contribution is 6.01. The number of rotatable bonds is 3. The molecule has 1 fully saturated rings. The number of nitrogens with zero attached hydrogens (tertiary/aromatic N) is 3. The fourth-order valence-electron chi connectivity index (χ4n) is 2.28. The van der Waals surface area contributed by atoms with Crippen molar-refractivity contribution in [1.82, 2.24) is 4.98 Å². The van der Waals surface area contributed by atoms with E-state index in [-0.39, 0.29) is 29.7 Å². The lowest BCUT2D eigenvalue weighted by molar-refractivity contribution is -0.141. The van der Waals surface area contributed by atoms with E-state index >= 15 is 0 Å². The average molecular weight is 304 g/mol. The van der Waals surface area contributed by atoms with Crippen LogP contribution < -0.4 is 10.6 Å². The van der Waals surface area contributed by atoms with Crippen LogP contribution in [0, 0.1) is 5.92 Å². The van der Waals surface area contributed by atoms with Crippen molar-refractivity contribution in [3.8, 4) is 0 Å². The fraction of sp³-hybridized carbons (Fsp3) is 0.500. The molecule has 2 heterocycles. The van der Waals surface area contributed by atoms with E-state index in [0.29, 0.717) is 19.5 Å². The zero-order chi connectivity index (χ0) is 15.6. The molecule has 6 nitrogen and oxygen atoms in total. The first-order valence-electron chi connectivity index (χ1n) is 6.28. The summed E-state index contributed by atoms with van der Waals surface area (Å²) < 4.78 is 38.3. The molecular formula is C12H15F3N4O2. The number of hydrogen-bond donors (Lipinski definition) is 3. The molecule has 0 radical (unpaired) electrons. The van der Waals surface area contributed by atoms with Crippen molar-refractivity contribution in [2.24, 2.45) is 16.8 Å². The number of halogens is 3. The van der Waals surface area contributed by atoms with Crippen LogP contribution in [0.25, 0.3) is 0 Å². The maximum Gasteiger partial charge on any atom is 0.433 e. The monoisotopic (exact) mass is 304 g/mol. The molecule has 116 valence electrons. The maximum atomic E-state index is 12.8. The van der Waals surface area contributed by atoms with E-state index in [4.69, 9.17) is 16.0 Å². The van der Waals surface area contributed by atoms with E-state index in [1.807, 2.05) is 0 Å². The van der Waals surface area contributed by atoms with Crippen molar-refractivity contribution in [3.05, 3.63) is 23.4 Å². The van der Waals surface area contributed by atoms with E-state index in [1.165, 1.54) is 0 Å². The molecule has 0 aromatic carbocycles. The summed E-state index contributed by atoms with van der Waals surface area (Å²) in [5.74, 6) is -0.323. The number of hydrogen-bond acceptors (Lipinski definition) is 5. The van der Waals surface area contributed by atoms with Gasteiger partial charge in [-0.15, -0.1) is 0 Å². The van der Waals surface area contributed by atoms with Gasteiger partial charge in [-0.05, 0) is 18.6 Å². The first-order chi connectivity index (χ1) is 9.86. The summed E-state index contributed by atoms with van der Waals surface area (Å²) >= 11 is 0. The Bertz CT molecular complexity index is 548. The van der Waals surface area contributed by atoms with E-state index in [2.05, 4.69) is 10.1 Å². The zero-order valence-electron chi connectivity index (χ0n) is 11.0. The highest BCUT2D eigenvalue weighted by Gasteiger charge is 2.35. The molecule has 4 N–H and O–H groups in total. The molecule has 1 aromatic rings. The van der Waals surface area contributed by atoms with Crippen LogP contribution in [0.15, 0.2) is 17.3 Å². The number of oxime groups is 1. The van der Waals surface area contributed by atoms with Crippen molar-refractivity contribution in [2.45, 2.75) is 12.6 Å². The van der Waals surface area contributed by atoms with Gasteiger partial charge in [0.25, 0.3) is 0 Å². The smallest absolute Gasteiger partial charge is 0.409 e. The van der Waals surface area contributed by atoms with Gasteiger partial charge in [-0.1, -0.05) is 5.16 Å². The predicted molar refractivity (Wildman–Crippen MR) is 69.2 cm³/mol. The van der Waals surface area contributed by atoms with Gasteiger partial charge in [0, 0.05) is 25.6 Å². The van der Waals surface area contributed by atoms with E-state index < -0.39 is 11.9 Å². The second kappa shape index (κ2) is 5.76. The minimum atomic E-state index is -4.57. The summed E-state index contributed by atoms with van der Waals surface area (Å²) in [6.07, 6.45) is -3.93. The average Bonchev–Trinajstić information content (AvgIpc) is 2.93. The summed E-state index contributed by atoms with van der Waals surface area (Å²) in [5.41, 5.74) is 4.58. The van der Waals surface area contributed by atoms with Crippen LogP contribution in [0.3, 0.4) is 0 Å². The lowest BCUT2D eigenvalue weighted by atomic mass is 10.1. The van der Waals surface area contributed by atoms with Crippen molar-refractivity contribution in [2.75, 3.05) is 24.6 Å². The second-order valence-electron chi connectivity index (χ2n) is 4.83. The van der Waals surface area contributed by atoms with Gasteiger partial charge in [0.15, 0.2) is 5.84 Å². The number of aliphatic hydroxyl groups is 1. The normalized spacial score (nSPS) is 20.1. The number of amidine groups is 1. The summed E-state index contributed by atoms with van der Waals surface area (Å²) in [5, 5.41) is 20.7. The summed E-state index contributed by atoms with van der Waals surface area (Å²) in [6, 6.07) is 1.92. The lowest BCUT2D eigenvalue weighted by Gasteiger charge is -2.21. The van der Waals surface area contributed by atoms with Gasteiger partial charge in [0.2, 0.25) is 0 Å². The highest BCUT2D eigenvalue weighted by atomic mass is 19.4. The summed E-state index contributed by atoms with van der Waals surface area (Å²) in [7, 11) is 0. The molecule has 0 aliphatic carbocycles. The van der Waals surface area contributed by atoms with Crippen molar-refractivity contribution >= 4 is 11.7 Å². The van der Waals surface area contributed by atoms with Crippen molar-refractivity contribution in [1.29, 1.82) is 0 Å². The SMILES string of the molecule is N/C(=N/O)c1ccc(C(F)(F)F)nc1N1CCC(CO)C1. The molecule has 21 heavy (non-hydrogen) atoms. The Balaban J connectivity index is 2.44. The van der Waals surface area contributed by atoms with Crippen LogP contribution in [-0.4, -0.2) is 40.8 Å². The largest absolute Gasteiger partial charge is 0.433 e. The topological polar surface area (TPSA) is 95.0 Å². The second-order valence-corrected chi connectivity index (χ2v) is 4.83. The molecule has 1 unspecified atom stereocenters. The third kappa shape index (κ3) is 3.18. The summed E-state index contributed by atoms with van der Waals surface area (Å²) in [6.45, 7) is 0.774. The number of aliphatic hydroxyl groups excluding tert-OH is 1. The highest BCUT2D eigenvalue weighted by Crippen LogP contribution is 2.32. The zero-order valence-corrected chi connectivity index (χ0v) is 11.0. The Hall–Kier alpha value is -2.03. The first kappa shape index (κ1) is 15.4. The third-order valence-corrected chi connectivity index (χ3v) is 3.39. The van der Waals surface area contributed by atoms with Gasteiger partial charge in [-0.3, -0.25) is 0 Å². The molecule has 1 aliphatic rings. The molecule has 0 spiro atoms.